The highest BCUT2D eigenvalue weighted by atomic mass is 14.7. The Hall–Kier alpha value is -2.35. The lowest BCUT2D eigenvalue weighted by Crippen LogP contribution is -1.90. The largest absolute Gasteiger partial charge is 0.399 e. The summed E-state index contributed by atoms with van der Waals surface area (Å²) in [7, 11) is 0. The Morgan fingerprint density at radius 1 is 0.947 bits per heavy atom. The van der Waals surface area contributed by atoms with Crippen LogP contribution in [0.15, 0.2) is 48.7 Å². The van der Waals surface area contributed by atoms with Gasteiger partial charge in [0.15, 0.2) is 0 Å². The van der Waals surface area contributed by atoms with Crippen LogP contribution in [0.4, 0.5) is 5.69 Å². The van der Waals surface area contributed by atoms with Crippen LogP contribution in [-0.4, -0.2) is 4.98 Å². The van der Waals surface area contributed by atoms with E-state index >= 15 is 0 Å². The maximum absolute atomic E-state index is 5.87. The zero-order valence-electron chi connectivity index (χ0n) is 10.6. The third-order valence-electron chi connectivity index (χ3n) is 3.94. The van der Waals surface area contributed by atoms with Gasteiger partial charge in [0.25, 0.3) is 0 Å². The molecule has 3 aromatic rings. The van der Waals surface area contributed by atoms with Gasteiger partial charge >= 0.3 is 0 Å². The topological polar surface area (TPSA) is 38.9 Å². The summed E-state index contributed by atoms with van der Waals surface area (Å²) in [5, 5.41) is 2.72. The van der Waals surface area contributed by atoms with Crippen LogP contribution in [0.5, 0.6) is 0 Å². The lowest BCUT2D eigenvalue weighted by Gasteiger charge is -2.09. The number of nitrogen functional groups attached to an aromatic ring is 1. The van der Waals surface area contributed by atoms with Gasteiger partial charge in [0.2, 0.25) is 0 Å². The zero-order valence-corrected chi connectivity index (χ0v) is 10.6. The highest BCUT2D eigenvalue weighted by Gasteiger charge is 2.16. The van der Waals surface area contributed by atoms with Gasteiger partial charge in [-0.15, -0.1) is 0 Å². The molecule has 0 spiro atoms. The molecular formula is C17H14N2. The van der Waals surface area contributed by atoms with Crippen molar-refractivity contribution in [1.82, 2.24) is 4.98 Å². The van der Waals surface area contributed by atoms with E-state index in [1.54, 1.807) is 6.20 Å². The van der Waals surface area contributed by atoms with Crippen molar-refractivity contribution < 1.29 is 0 Å². The monoisotopic (exact) mass is 246 g/mol. The van der Waals surface area contributed by atoms with Crippen molar-refractivity contribution in [2.45, 2.75) is 12.8 Å². The van der Waals surface area contributed by atoms with Gasteiger partial charge in [-0.1, -0.05) is 30.3 Å². The average molecular weight is 246 g/mol. The summed E-state index contributed by atoms with van der Waals surface area (Å²) in [6.45, 7) is 0. The van der Waals surface area contributed by atoms with Crippen LogP contribution in [0.2, 0.25) is 0 Å². The van der Waals surface area contributed by atoms with E-state index in [1.807, 2.05) is 12.1 Å². The van der Waals surface area contributed by atoms with Crippen LogP contribution in [0.25, 0.3) is 22.0 Å². The maximum Gasteiger partial charge on any atom is 0.0728 e. The van der Waals surface area contributed by atoms with Crippen LogP contribution >= 0.6 is 0 Å². The highest BCUT2D eigenvalue weighted by molar-refractivity contribution is 6.00. The van der Waals surface area contributed by atoms with Crippen LogP contribution in [-0.2, 0) is 12.8 Å². The predicted octanol–water partition coefficient (Wildman–Crippen LogP) is 3.58. The second-order valence-electron chi connectivity index (χ2n) is 5.09. The summed E-state index contributed by atoms with van der Waals surface area (Å²) in [6, 6.07) is 14.7. The van der Waals surface area contributed by atoms with E-state index in [4.69, 9.17) is 5.73 Å². The molecule has 2 N–H and O–H groups in total. The van der Waals surface area contributed by atoms with E-state index in [9.17, 15) is 0 Å². The average Bonchev–Trinajstić information content (AvgIpc) is 2.85. The summed E-state index contributed by atoms with van der Waals surface area (Å²) in [5.74, 6) is 0. The first-order valence-corrected chi connectivity index (χ1v) is 6.58. The third kappa shape index (κ3) is 1.53. The number of anilines is 1. The number of benzene rings is 2. The van der Waals surface area contributed by atoms with Gasteiger partial charge < -0.3 is 5.73 Å². The third-order valence-corrected chi connectivity index (χ3v) is 3.94. The first-order chi connectivity index (χ1) is 9.33. The molecule has 19 heavy (non-hydrogen) atoms. The Morgan fingerprint density at radius 3 is 2.63 bits per heavy atom. The van der Waals surface area contributed by atoms with Crippen molar-refractivity contribution in [1.29, 1.82) is 0 Å². The summed E-state index contributed by atoms with van der Waals surface area (Å²) in [6.07, 6.45) is 4.08. The van der Waals surface area contributed by atoms with Gasteiger partial charge in [0, 0.05) is 17.4 Å². The molecule has 1 heterocycles. The highest BCUT2D eigenvalue weighted by Crippen LogP contribution is 2.36. The molecular weight excluding hydrogens is 232 g/mol. The Balaban J connectivity index is 2.07. The van der Waals surface area contributed by atoms with E-state index in [-0.39, 0.29) is 0 Å². The molecule has 0 fully saturated rings. The minimum atomic E-state index is 0.758. The number of nitrogens with two attached hydrogens (primary N) is 1. The predicted molar refractivity (Wildman–Crippen MR) is 79.0 cm³/mol. The van der Waals surface area contributed by atoms with Crippen LogP contribution in [0.1, 0.15) is 11.1 Å². The molecule has 1 aromatic heterocycles. The van der Waals surface area contributed by atoms with Gasteiger partial charge in [0.05, 0.1) is 5.69 Å². The Kier molecular flexibility index (Phi) is 2.12. The van der Waals surface area contributed by atoms with Crippen molar-refractivity contribution in [3.05, 3.63) is 59.8 Å². The molecule has 0 saturated carbocycles. The van der Waals surface area contributed by atoms with Crippen molar-refractivity contribution in [2.75, 3.05) is 5.73 Å². The first kappa shape index (κ1) is 10.6. The Morgan fingerprint density at radius 2 is 1.79 bits per heavy atom. The van der Waals surface area contributed by atoms with Crippen molar-refractivity contribution in [3.63, 3.8) is 0 Å². The normalized spacial score (nSPS) is 13.1. The molecule has 2 aromatic carbocycles. The number of rotatable bonds is 1. The van der Waals surface area contributed by atoms with Gasteiger partial charge in [0.1, 0.15) is 0 Å². The quantitative estimate of drug-likeness (QED) is 0.712. The lowest BCUT2D eigenvalue weighted by molar-refractivity contribution is 1.02. The van der Waals surface area contributed by atoms with Crippen molar-refractivity contribution in [2.24, 2.45) is 0 Å². The second kappa shape index (κ2) is 3.82. The fourth-order valence-electron chi connectivity index (χ4n) is 3.06. The van der Waals surface area contributed by atoms with Gasteiger partial charge in [-0.25, -0.2) is 0 Å². The number of hydrogen-bond acceptors (Lipinski definition) is 2. The molecule has 0 unspecified atom stereocenters. The molecule has 0 radical (unpaired) electrons. The van der Waals surface area contributed by atoms with Crippen LogP contribution in [0.3, 0.4) is 0 Å². The van der Waals surface area contributed by atoms with E-state index < -0.39 is 0 Å². The molecule has 0 aliphatic heterocycles. The smallest absolute Gasteiger partial charge is 0.0728 e. The molecule has 0 saturated heterocycles. The van der Waals surface area contributed by atoms with E-state index in [1.165, 1.54) is 27.5 Å². The minimum absolute atomic E-state index is 0.758. The number of pyridine rings is 1. The van der Waals surface area contributed by atoms with Crippen molar-refractivity contribution >= 4 is 16.5 Å². The number of aryl methyl sites for hydroxylation is 2. The zero-order chi connectivity index (χ0) is 12.8. The van der Waals surface area contributed by atoms with Crippen LogP contribution in [0, 0.1) is 0 Å². The molecule has 4 rings (SSSR count). The summed E-state index contributed by atoms with van der Waals surface area (Å²) in [5.41, 5.74) is 11.7. The minimum Gasteiger partial charge on any atom is -0.399 e. The first-order valence-electron chi connectivity index (χ1n) is 6.58. The number of hydrogen-bond donors (Lipinski definition) is 1. The molecule has 0 bridgehead atoms. The Labute approximate surface area is 111 Å². The van der Waals surface area contributed by atoms with E-state index in [2.05, 4.69) is 35.3 Å². The maximum atomic E-state index is 5.87. The van der Waals surface area contributed by atoms with E-state index in [0.29, 0.717) is 0 Å². The molecule has 1 aliphatic carbocycles. The molecule has 0 amide bonds. The molecule has 0 atom stereocenters. The van der Waals surface area contributed by atoms with Crippen LogP contribution < -0.4 is 5.73 Å². The van der Waals surface area contributed by atoms with Gasteiger partial charge in [-0.3, -0.25) is 4.98 Å². The molecule has 2 nitrogen and oxygen atoms in total. The SMILES string of the molecule is Nc1ccnc(-c2ccc3c4c(cccc24)CC3)c1. The fraction of sp³-hybridized carbons (Fsp3) is 0.118. The lowest BCUT2D eigenvalue weighted by atomic mass is 9.98. The van der Waals surface area contributed by atoms with Gasteiger partial charge in [-0.2, -0.15) is 0 Å². The fourth-order valence-corrected chi connectivity index (χ4v) is 3.06. The summed E-state index contributed by atoms with van der Waals surface area (Å²) >= 11 is 0. The second-order valence-corrected chi connectivity index (χ2v) is 5.09. The molecule has 92 valence electrons. The summed E-state index contributed by atoms with van der Waals surface area (Å²) in [4.78, 5) is 4.46. The van der Waals surface area contributed by atoms with E-state index in [0.717, 1.165) is 24.2 Å². The number of nitrogens with zero attached hydrogens (tertiary/aromatic N) is 1. The molecule has 2 heteroatoms. The van der Waals surface area contributed by atoms with Gasteiger partial charge in [-0.05, 0) is 46.9 Å². The summed E-state index contributed by atoms with van der Waals surface area (Å²) < 4.78 is 0. The molecule has 1 aliphatic rings. The standard InChI is InChI=1S/C17H14N2/c18-13-8-9-19-16(10-13)14-7-6-12-5-4-11-2-1-3-15(14)17(11)12/h1-3,6-10H,4-5H2,(H2,18,19). The Bertz CT molecular complexity index is 780. The number of aromatic nitrogens is 1. The van der Waals surface area contributed by atoms with Crippen molar-refractivity contribution in [3.8, 4) is 11.3 Å².